The maximum atomic E-state index is 12.9. The molecule has 0 aromatic heterocycles. The molecular weight excluding hydrogens is 386 g/mol. The second-order valence-electron chi connectivity index (χ2n) is 7.48. The van der Waals surface area contributed by atoms with E-state index in [4.69, 9.17) is 22.3 Å². The van der Waals surface area contributed by atoms with Crippen LogP contribution in [-0.4, -0.2) is 19.7 Å². The van der Waals surface area contributed by atoms with Gasteiger partial charge >= 0.3 is 0 Å². The molecule has 2 aliphatic rings. The minimum absolute atomic E-state index is 0.0980. The van der Waals surface area contributed by atoms with Gasteiger partial charge in [-0.15, -0.1) is 0 Å². The molecule has 3 N–H and O–H groups in total. The number of nitrogens with zero attached hydrogens (tertiary/aromatic N) is 3. The van der Waals surface area contributed by atoms with E-state index in [2.05, 4.69) is 10.1 Å². The summed E-state index contributed by atoms with van der Waals surface area (Å²) in [5.41, 5.74) is 10.2. The lowest BCUT2D eigenvalue weighted by molar-refractivity contribution is 0.768. The van der Waals surface area contributed by atoms with Crippen LogP contribution in [0.15, 0.2) is 47.3 Å². The molecule has 2 aromatic carbocycles. The van der Waals surface area contributed by atoms with Crippen LogP contribution < -0.4 is 11.3 Å². The molecule has 0 saturated heterocycles. The lowest BCUT2D eigenvalue weighted by Gasteiger charge is -2.12. The molecule has 0 bridgehead atoms. The first-order valence-corrected chi connectivity index (χ1v) is 9.84. The third-order valence-electron chi connectivity index (χ3n) is 4.95. The lowest BCUT2D eigenvalue weighted by Crippen LogP contribution is -2.18. The largest absolute Gasteiger partial charge is 0.399 e. The third kappa shape index (κ3) is 3.51. The topological polar surface area (TPSA) is 89.6 Å². The number of hydrogen-bond acceptors (Lipinski definition) is 4. The highest BCUT2D eigenvalue weighted by molar-refractivity contribution is 6.32. The Labute approximate surface area is 173 Å². The van der Waals surface area contributed by atoms with E-state index in [9.17, 15) is 4.79 Å². The van der Waals surface area contributed by atoms with Crippen LogP contribution >= 0.6 is 11.6 Å². The van der Waals surface area contributed by atoms with E-state index in [1.807, 2.05) is 63.2 Å². The third-order valence-corrected chi connectivity index (χ3v) is 5.25. The Hall–Kier alpha value is -3.12. The number of aromatic nitrogens is 4. The highest BCUT2D eigenvalue weighted by Gasteiger charge is 2.26. The van der Waals surface area contributed by atoms with Gasteiger partial charge in [0.2, 0.25) is 0 Å². The zero-order chi connectivity index (χ0) is 20.7. The first-order chi connectivity index (χ1) is 13.8. The summed E-state index contributed by atoms with van der Waals surface area (Å²) in [7, 11) is 0. The standard InChI is InChI=1S/C22H22ClN5O/c1-12(2)19-18-21(28(27-19)20-13(3)5-4-6-16(20)23)25-17(26-22(18)29)11-14-7-9-15(24)10-8-14/h4-10,12,27H,11,24H2,1-3H3. The quantitative estimate of drug-likeness (QED) is 0.493. The Bertz CT molecular complexity index is 1190. The Morgan fingerprint density at radius 2 is 1.86 bits per heavy atom. The number of para-hydroxylation sites is 1. The SMILES string of the molecule is Cc1cccc(Cl)c1-n1[nH]c(C(C)C)c2c(=O)nc(Cc3ccc(N)cc3)nc1-2. The average Bonchev–Trinajstić information content (AvgIpc) is 3.04. The van der Waals surface area contributed by atoms with Crippen LogP contribution in [0.25, 0.3) is 17.1 Å². The first-order valence-electron chi connectivity index (χ1n) is 9.46. The summed E-state index contributed by atoms with van der Waals surface area (Å²) in [5, 5.41) is 3.92. The van der Waals surface area contributed by atoms with Gasteiger partial charge in [0.05, 0.1) is 16.4 Å². The van der Waals surface area contributed by atoms with Crippen molar-refractivity contribution in [2.75, 3.05) is 5.73 Å². The molecule has 6 nitrogen and oxygen atoms in total. The summed E-state index contributed by atoms with van der Waals surface area (Å²) >= 11 is 6.50. The molecule has 29 heavy (non-hydrogen) atoms. The molecule has 7 heteroatoms. The lowest BCUT2D eigenvalue weighted by atomic mass is 10.1. The molecule has 0 aliphatic carbocycles. The van der Waals surface area contributed by atoms with Gasteiger partial charge in [0.1, 0.15) is 11.4 Å². The Balaban J connectivity index is 1.93. The van der Waals surface area contributed by atoms with E-state index in [-0.39, 0.29) is 11.5 Å². The van der Waals surface area contributed by atoms with Crippen LogP contribution in [0.1, 0.15) is 42.4 Å². The number of aryl methyl sites for hydroxylation is 1. The normalized spacial score (nSPS) is 11.5. The van der Waals surface area contributed by atoms with Crippen LogP contribution in [0.2, 0.25) is 5.02 Å². The Morgan fingerprint density at radius 3 is 2.52 bits per heavy atom. The molecule has 0 saturated carbocycles. The maximum Gasteiger partial charge on any atom is 0.284 e. The van der Waals surface area contributed by atoms with E-state index in [0.717, 1.165) is 22.5 Å². The smallest absolute Gasteiger partial charge is 0.284 e. The van der Waals surface area contributed by atoms with Gasteiger partial charge in [-0.2, -0.15) is 4.98 Å². The van der Waals surface area contributed by atoms with Gasteiger partial charge in [-0.05, 0) is 42.2 Å². The summed E-state index contributed by atoms with van der Waals surface area (Å²) < 4.78 is 1.80. The molecule has 0 amide bonds. The second kappa shape index (κ2) is 7.37. The number of hydrogen-bond donors (Lipinski definition) is 2. The number of H-pyrrole nitrogens is 1. The molecule has 0 unspecified atom stereocenters. The van der Waals surface area contributed by atoms with E-state index in [1.165, 1.54) is 0 Å². The minimum Gasteiger partial charge on any atom is -0.399 e. The summed E-state index contributed by atoms with van der Waals surface area (Å²) in [6.07, 6.45) is 0.440. The number of rotatable bonds is 4. The van der Waals surface area contributed by atoms with Crippen molar-refractivity contribution in [1.82, 2.24) is 19.7 Å². The fourth-order valence-electron chi connectivity index (χ4n) is 3.48. The van der Waals surface area contributed by atoms with Crippen molar-refractivity contribution in [1.29, 1.82) is 0 Å². The number of halogens is 1. The summed E-state index contributed by atoms with van der Waals surface area (Å²) in [6.45, 7) is 6.03. The van der Waals surface area contributed by atoms with Crippen molar-refractivity contribution in [3.63, 3.8) is 0 Å². The molecule has 0 fully saturated rings. The number of nitrogen functional groups attached to an aromatic ring is 1. The van der Waals surface area contributed by atoms with Crippen LogP contribution in [0.5, 0.6) is 0 Å². The highest BCUT2D eigenvalue weighted by Crippen LogP contribution is 2.32. The summed E-state index contributed by atoms with van der Waals surface area (Å²) in [6, 6.07) is 13.2. The zero-order valence-corrected chi connectivity index (χ0v) is 17.3. The van der Waals surface area contributed by atoms with Crippen LogP contribution in [0, 0.1) is 6.92 Å². The van der Waals surface area contributed by atoms with Crippen molar-refractivity contribution in [2.24, 2.45) is 0 Å². The maximum absolute atomic E-state index is 12.9. The fraction of sp³-hybridized carbons (Fsp3) is 0.227. The van der Waals surface area contributed by atoms with Crippen LogP contribution in [-0.2, 0) is 6.42 Å². The first kappa shape index (κ1) is 19.2. The van der Waals surface area contributed by atoms with Crippen molar-refractivity contribution >= 4 is 17.3 Å². The second-order valence-corrected chi connectivity index (χ2v) is 7.89. The van der Waals surface area contributed by atoms with E-state index < -0.39 is 0 Å². The average molecular weight is 408 g/mol. The number of nitrogens with two attached hydrogens (primary N) is 1. The number of aromatic amines is 1. The Morgan fingerprint density at radius 1 is 1.14 bits per heavy atom. The molecule has 148 valence electrons. The van der Waals surface area contributed by atoms with E-state index in [0.29, 0.717) is 34.3 Å². The minimum atomic E-state index is -0.288. The van der Waals surface area contributed by atoms with Crippen molar-refractivity contribution in [3.05, 3.63) is 80.5 Å². The monoisotopic (exact) mass is 407 g/mol. The van der Waals surface area contributed by atoms with Crippen molar-refractivity contribution in [2.45, 2.75) is 33.1 Å². The predicted molar refractivity (Wildman–Crippen MR) is 116 cm³/mol. The number of benzene rings is 2. The number of fused-ring (bicyclic) bond motifs is 1. The predicted octanol–water partition coefficient (Wildman–Crippen LogP) is 4.32. The zero-order valence-electron chi connectivity index (χ0n) is 16.5. The molecule has 2 aromatic rings. The highest BCUT2D eigenvalue weighted by atomic mass is 35.5. The summed E-state index contributed by atoms with van der Waals surface area (Å²) in [5.74, 6) is 1.09. The van der Waals surface area contributed by atoms with Crippen molar-refractivity contribution < 1.29 is 0 Å². The fourth-order valence-corrected chi connectivity index (χ4v) is 3.79. The van der Waals surface area contributed by atoms with E-state index in [1.54, 1.807) is 4.68 Å². The van der Waals surface area contributed by atoms with Gasteiger partial charge in [-0.25, -0.2) is 9.67 Å². The van der Waals surface area contributed by atoms with Gasteiger partial charge in [-0.3, -0.25) is 9.89 Å². The van der Waals surface area contributed by atoms with Gasteiger partial charge in [0.25, 0.3) is 5.56 Å². The molecule has 0 spiro atoms. The van der Waals surface area contributed by atoms with Gasteiger partial charge in [0.15, 0.2) is 5.82 Å². The van der Waals surface area contributed by atoms with Crippen molar-refractivity contribution in [3.8, 4) is 17.1 Å². The van der Waals surface area contributed by atoms with E-state index >= 15 is 0 Å². The molecule has 2 heterocycles. The molecule has 0 atom stereocenters. The van der Waals surface area contributed by atoms with Gasteiger partial charge < -0.3 is 5.73 Å². The van der Waals surface area contributed by atoms with Gasteiger partial charge in [-0.1, -0.05) is 49.7 Å². The summed E-state index contributed by atoms with van der Waals surface area (Å²) in [4.78, 5) is 21.9. The Kier molecular flexibility index (Phi) is 4.88. The van der Waals surface area contributed by atoms with Crippen LogP contribution in [0.4, 0.5) is 5.69 Å². The van der Waals surface area contributed by atoms with Gasteiger partial charge in [0, 0.05) is 12.1 Å². The molecule has 4 rings (SSSR count). The molecular formula is C22H22ClN5O. The molecule has 2 aliphatic heterocycles. The van der Waals surface area contributed by atoms with Crippen LogP contribution in [0.3, 0.4) is 0 Å². The number of nitrogens with one attached hydrogen (secondary N) is 1. The molecule has 0 radical (unpaired) electrons. The number of anilines is 1.